The van der Waals surface area contributed by atoms with Crippen LogP contribution in [0.25, 0.3) is 0 Å². The fraction of sp³-hybridized carbons (Fsp3) is 1.00. The van der Waals surface area contributed by atoms with Crippen LogP contribution >= 0.6 is 0 Å². The Labute approximate surface area is 131 Å². The smallest absolute Gasteiger partial charge is 0.0626 e. The second-order valence-electron chi connectivity index (χ2n) is 8.06. The van der Waals surface area contributed by atoms with E-state index < -0.39 is 0 Å². The second kappa shape index (κ2) is 7.94. The summed E-state index contributed by atoms with van der Waals surface area (Å²) in [4.78, 5) is 0. The Morgan fingerprint density at radius 2 is 1.33 bits per heavy atom. The Kier molecular flexibility index (Phi) is 7.15. The van der Waals surface area contributed by atoms with Gasteiger partial charge in [-0.05, 0) is 30.1 Å². The normalized spacial score (nSPS) is 27.9. The molecule has 1 aliphatic carbocycles. The third-order valence-electron chi connectivity index (χ3n) is 5.42. The average Bonchev–Trinajstić information content (AvgIpc) is 2.37. The summed E-state index contributed by atoms with van der Waals surface area (Å²) in [5.41, 5.74) is -0.0342. The molecule has 0 heterocycles. The summed E-state index contributed by atoms with van der Waals surface area (Å²) in [6.45, 7) is 13.4. The molecule has 1 fully saturated rings. The second-order valence-corrected chi connectivity index (χ2v) is 8.06. The first-order valence-corrected chi connectivity index (χ1v) is 8.37. The van der Waals surface area contributed by atoms with E-state index in [1.807, 2.05) is 0 Å². The van der Waals surface area contributed by atoms with Crippen molar-refractivity contribution in [2.24, 2.45) is 22.7 Å². The standard InChI is InChI=1S/C18H36O3/c1-14-9-8-10-15(2)16(14)21-13-18(11-19-6,12-20-7)17(3,4)5/h14-16H,8-13H2,1-7H3. The summed E-state index contributed by atoms with van der Waals surface area (Å²) in [7, 11) is 3.53. The van der Waals surface area contributed by atoms with E-state index in [4.69, 9.17) is 14.2 Å². The van der Waals surface area contributed by atoms with Crippen molar-refractivity contribution in [2.45, 2.75) is 60.0 Å². The van der Waals surface area contributed by atoms with E-state index in [0.717, 1.165) is 0 Å². The maximum Gasteiger partial charge on any atom is 0.0626 e. The zero-order chi connectivity index (χ0) is 16.1. The third kappa shape index (κ3) is 4.67. The Balaban J connectivity index is 2.80. The molecule has 21 heavy (non-hydrogen) atoms. The van der Waals surface area contributed by atoms with Gasteiger partial charge >= 0.3 is 0 Å². The van der Waals surface area contributed by atoms with Crippen molar-refractivity contribution in [3.63, 3.8) is 0 Å². The Morgan fingerprint density at radius 1 is 0.857 bits per heavy atom. The van der Waals surface area contributed by atoms with Crippen LogP contribution in [-0.4, -0.2) is 40.1 Å². The van der Waals surface area contributed by atoms with Crippen molar-refractivity contribution in [2.75, 3.05) is 34.0 Å². The first-order chi connectivity index (χ1) is 9.77. The van der Waals surface area contributed by atoms with Crippen molar-refractivity contribution in [1.82, 2.24) is 0 Å². The molecule has 0 aromatic rings. The molecule has 0 amide bonds. The van der Waals surface area contributed by atoms with E-state index in [-0.39, 0.29) is 10.8 Å². The highest BCUT2D eigenvalue weighted by Crippen LogP contribution is 2.41. The van der Waals surface area contributed by atoms with Crippen LogP contribution in [0.4, 0.5) is 0 Å². The maximum atomic E-state index is 6.44. The van der Waals surface area contributed by atoms with Gasteiger partial charge in [-0.15, -0.1) is 0 Å². The summed E-state index contributed by atoms with van der Waals surface area (Å²) in [5.74, 6) is 1.30. The largest absolute Gasteiger partial charge is 0.384 e. The van der Waals surface area contributed by atoms with Crippen LogP contribution in [0.3, 0.4) is 0 Å². The number of hydrogen-bond donors (Lipinski definition) is 0. The number of methoxy groups -OCH3 is 2. The zero-order valence-electron chi connectivity index (χ0n) is 15.2. The Hall–Kier alpha value is -0.120. The van der Waals surface area contributed by atoms with E-state index in [1.165, 1.54) is 19.3 Å². The third-order valence-corrected chi connectivity index (χ3v) is 5.42. The SMILES string of the molecule is COCC(COC)(COC1C(C)CCCC1C)C(C)(C)C. The minimum Gasteiger partial charge on any atom is -0.384 e. The molecule has 126 valence electrons. The van der Waals surface area contributed by atoms with Gasteiger partial charge in [0.15, 0.2) is 0 Å². The van der Waals surface area contributed by atoms with Crippen LogP contribution in [0, 0.1) is 22.7 Å². The lowest BCUT2D eigenvalue weighted by atomic mass is 9.67. The molecule has 0 bridgehead atoms. The number of hydrogen-bond acceptors (Lipinski definition) is 3. The molecule has 2 unspecified atom stereocenters. The van der Waals surface area contributed by atoms with Crippen molar-refractivity contribution in [3.8, 4) is 0 Å². The molecule has 1 aliphatic rings. The van der Waals surface area contributed by atoms with Crippen LogP contribution in [0.2, 0.25) is 0 Å². The lowest BCUT2D eigenvalue weighted by Crippen LogP contribution is -2.49. The minimum absolute atomic E-state index is 0.0696. The maximum absolute atomic E-state index is 6.44. The molecule has 0 aromatic carbocycles. The quantitative estimate of drug-likeness (QED) is 0.707. The van der Waals surface area contributed by atoms with Gasteiger partial charge in [0, 0.05) is 19.6 Å². The summed E-state index contributed by atoms with van der Waals surface area (Å²) >= 11 is 0. The first kappa shape index (κ1) is 18.9. The van der Waals surface area contributed by atoms with Gasteiger partial charge in [0.1, 0.15) is 0 Å². The summed E-state index contributed by atoms with van der Waals surface area (Å²) in [6.07, 6.45) is 4.27. The summed E-state index contributed by atoms with van der Waals surface area (Å²) in [5, 5.41) is 0. The van der Waals surface area contributed by atoms with Crippen LogP contribution in [-0.2, 0) is 14.2 Å². The predicted molar refractivity (Wildman–Crippen MR) is 87.6 cm³/mol. The topological polar surface area (TPSA) is 27.7 Å². The minimum atomic E-state index is -0.104. The van der Waals surface area contributed by atoms with Gasteiger partial charge in [0.05, 0.1) is 25.9 Å². The van der Waals surface area contributed by atoms with Gasteiger partial charge in [-0.2, -0.15) is 0 Å². The monoisotopic (exact) mass is 300 g/mol. The summed E-state index contributed by atoms with van der Waals surface area (Å²) < 4.78 is 17.5. The molecule has 0 saturated heterocycles. The van der Waals surface area contributed by atoms with E-state index in [2.05, 4.69) is 34.6 Å². The molecule has 0 radical (unpaired) electrons. The van der Waals surface area contributed by atoms with Crippen molar-refractivity contribution < 1.29 is 14.2 Å². The van der Waals surface area contributed by atoms with Crippen LogP contribution in [0.15, 0.2) is 0 Å². The predicted octanol–water partition coefficient (Wildman–Crippen LogP) is 4.15. The molecule has 0 aliphatic heterocycles. The molecule has 3 nitrogen and oxygen atoms in total. The van der Waals surface area contributed by atoms with Crippen LogP contribution in [0.1, 0.15) is 53.9 Å². The first-order valence-electron chi connectivity index (χ1n) is 8.37. The van der Waals surface area contributed by atoms with Crippen molar-refractivity contribution in [3.05, 3.63) is 0 Å². The molecule has 0 spiro atoms. The van der Waals surface area contributed by atoms with E-state index in [0.29, 0.717) is 37.8 Å². The zero-order valence-corrected chi connectivity index (χ0v) is 15.2. The van der Waals surface area contributed by atoms with Gasteiger partial charge in [-0.3, -0.25) is 0 Å². The molecule has 2 atom stereocenters. The van der Waals surface area contributed by atoms with Crippen LogP contribution in [0.5, 0.6) is 0 Å². The average molecular weight is 300 g/mol. The van der Waals surface area contributed by atoms with Gasteiger partial charge in [0.2, 0.25) is 0 Å². The highest BCUT2D eigenvalue weighted by molar-refractivity contribution is 4.91. The van der Waals surface area contributed by atoms with Crippen molar-refractivity contribution >= 4 is 0 Å². The molecule has 1 saturated carbocycles. The lowest BCUT2D eigenvalue weighted by molar-refractivity contribution is -0.144. The number of ether oxygens (including phenoxy) is 3. The molecule has 1 rings (SSSR count). The Bertz CT molecular complexity index is 279. The molecule has 0 aromatic heterocycles. The van der Waals surface area contributed by atoms with Gasteiger partial charge in [0.25, 0.3) is 0 Å². The molecule has 0 N–H and O–H groups in total. The molecular formula is C18H36O3. The van der Waals surface area contributed by atoms with Gasteiger partial charge in [-0.1, -0.05) is 41.0 Å². The van der Waals surface area contributed by atoms with E-state index >= 15 is 0 Å². The van der Waals surface area contributed by atoms with Crippen LogP contribution < -0.4 is 0 Å². The fourth-order valence-corrected chi connectivity index (χ4v) is 3.56. The van der Waals surface area contributed by atoms with Gasteiger partial charge < -0.3 is 14.2 Å². The fourth-order valence-electron chi connectivity index (χ4n) is 3.56. The number of rotatable bonds is 7. The van der Waals surface area contributed by atoms with E-state index in [9.17, 15) is 0 Å². The highest BCUT2D eigenvalue weighted by Gasteiger charge is 2.44. The highest BCUT2D eigenvalue weighted by atomic mass is 16.5. The molecular weight excluding hydrogens is 264 g/mol. The Morgan fingerprint density at radius 3 is 1.71 bits per heavy atom. The van der Waals surface area contributed by atoms with E-state index in [1.54, 1.807) is 14.2 Å². The van der Waals surface area contributed by atoms with Gasteiger partial charge in [-0.25, -0.2) is 0 Å². The summed E-state index contributed by atoms with van der Waals surface area (Å²) in [6, 6.07) is 0. The molecule has 3 heteroatoms. The lowest BCUT2D eigenvalue weighted by Gasteiger charge is -2.45. The van der Waals surface area contributed by atoms with Crippen molar-refractivity contribution in [1.29, 1.82) is 0 Å².